The third kappa shape index (κ3) is 34.8. The van der Waals surface area contributed by atoms with E-state index in [0.717, 1.165) is 61.8 Å². The molecule has 0 bridgehead atoms. The van der Waals surface area contributed by atoms with Crippen molar-refractivity contribution in [2.24, 2.45) is 46.7 Å². The smallest absolute Gasteiger partial charge is 0.292 e. The number of carbonyl (C=O) groups excluding carboxylic acids is 6. The van der Waals surface area contributed by atoms with E-state index in [4.69, 9.17) is 29.4 Å². The van der Waals surface area contributed by atoms with Crippen molar-refractivity contribution >= 4 is 100 Å². The third-order valence-corrected chi connectivity index (χ3v) is 9.06. The summed E-state index contributed by atoms with van der Waals surface area (Å²) in [4.78, 5) is 81.0. The predicted molar refractivity (Wildman–Crippen MR) is 283 cm³/mol. The number of benzene rings is 3. The molecule has 1 aliphatic carbocycles. The van der Waals surface area contributed by atoms with Crippen molar-refractivity contribution in [2.75, 3.05) is 31.4 Å². The molecule has 69 heavy (non-hydrogen) atoms. The molecule has 1 N–H and O–H groups in total. The summed E-state index contributed by atoms with van der Waals surface area (Å²) < 4.78 is 30.3. The Hall–Kier alpha value is -6.10. The summed E-state index contributed by atoms with van der Waals surface area (Å²) in [6.07, 6.45) is 17.2. The zero-order valence-electron chi connectivity index (χ0n) is 42.8. The fourth-order valence-electron chi connectivity index (χ4n) is 6.59. The summed E-state index contributed by atoms with van der Waals surface area (Å²) in [5.74, 6) is 1.13. The largest absolute Gasteiger partial charge is 0.403 e. The minimum absolute atomic E-state index is 0. The first-order valence-corrected chi connectivity index (χ1v) is 22.3. The number of rotatable bonds is 17. The Morgan fingerprint density at radius 1 is 0.855 bits per heavy atom. The molecular weight excluding hydrogens is 1110 g/mol. The Bertz CT molecular complexity index is 2340. The van der Waals surface area contributed by atoms with E-state index < -0.39 is 0 Å². The van der Waals surface area contributed by atoms with Crippen LogP contribution in [0.4, 0.5) is 17.1 Å². The normalized spacial score (nSPS) is 14.8. The molecule has 3 atom stereocenters. The molecule has 18 nitrogen and oxygen atoms in total. The van der Waals surface area contributed by atoms with Gasteiger partial charge in [0.25, 0.3) is 12.5 Å². The van der Waals surface area contributed by atoms with Gasteiger partial charge in [-0.3, -0.25) is 0 Å². The van der Waals surface area contributed by atoms with Gasteiger partial charge in [-0.15, -0.1) is 29.2 Å². The number of aliphatic hydroxyl groups excluding tert-OH is 1. The summed E-state index contributed by atoms with van der Waals surface area (Å²) in [7, 11) is 0. The van der Waals surface area contributed by atoms with E-state index in [1.165, 1.54) is 36.6 Å². The van der Waals surface area contributed by atoms with Crippen LogP contribution in [0.2, 0.25) is 0 Å². The maximum Gasteiger partial charge on any atom is 0.292 e. The standard InChI is InChI=1S/C15H10N2O2.C12H18N2O2.C9H6N2O2.C9H20O2.C3H2N2O2.CH3I.HI.2H2/c16-10-19-15-7-3-13(4-8-15)9-12-1-5-14(6-2-12)17-11-18;1-11(2)4-10(14-9-16)5-12(3,6-11)7-13-8-15;1-7-2-3-8(10-5-12)4-9(7)11-6-13;1-8(2)7-11-9(3)5-4-6-10;4-1-7-3-5-2-6;1-2;;;/h1-8H,9H2;10H,4-7H2,1-3H3;2-4H,1H3;8-10H,4-7H2,1-3H3;3H2;1H3;3*1H/i;;;;;1D;;1+2D;. The van der Waals surface area contributed by atoms with E-state index in [1.54, 1.807) is 61.7 Å². The molecular formula is C49H64I2N8O10. The quantitative estimate of drug-likeness (QED) is 0.0330. The molecule has 3 aromatic carbocycles. The van der Waals surface area contributed by atoms with Crippen LogP contribution in [0.3, 0.4) is 0 Å². The lowest BCUT2D eigenvalue weighted by atomic mass is 9.63. The lowest BCUT2D eigenvalue weighted by molar-refractivity contribution is 0.0384. The summed E-state index contributed by atoms with van der Waals surface area (Å²) in [5.41, 5.74) is 4.59. The maximum absolute atomic E-state index is 10.3. The lowest BCUT2D eigenvalue weighted by Crippen LogP contribution is -2.39. The van der Waals surface area contributed by atoms with Gasteiger partial charge in [0.05, 0.1) is 35.8 Å². The molecule has 0 radical (unpaired) electrons. The highest BCUT2D eigenvalue weighted by Crippen LogP contribution is 2.47. The Morgan fingerprint density at radius 3 is 1.93 bits per heavy atom. The van der Waals surface area contributed by atoms with E-state index in [0.29, 0.717) is 46.3 Å². The van der Waals surface area contributed by atoms with Gasteiger partial charge in [-0.05, 0) is 127 Å². The molecule has 374 valence electrons. The molecule has 0 aliphatic heterocycles. The van der Waals surface area contributed by atoms with Crippen molar-refractivity contribution in [1.29, 1.82) is 10.5 Å². The number of halogens is 2. The molecule has 4 rings (SSSR count). The van der Waals surface area contributed by atoms with Crippen molar-refractivity contribution in [2.45, 2.75) is 99.1 Å². The van der Waals surface area contributed by atoms with Crippen LogP contribution in [-0.2, 0) is 44.7 Å². The van der Waals surface area contributed by atoms with Crippen molar-refractivity contribution in [3.05, 3.63) is 83.4 Å². The number of hydrogen-bond donors (Lipinski definition) is 1. The number of hydrogen-bond acceptors (Lipinski definition) is 18. The van der Waals surface area contributed by atoms with Gasteiger partial charge in [0.1, 0.15) is 5.75 Å². The first kappa shape index (κ1) is 62.9. The molecule has 1 fully saturated rings. The van der Waals surface area contributed by atoms with Crippen molar-refractivity contribution in [1.82, 2.24) is 0 Å². The van der Waals surface area contributed by atoms with Gasteiger partial charge < -0.3 is 19.3 Å². The Kier molecular flexibility index (Phi) is 38.3. The van der Waals surface area contributed by atoms with Crippen LogP contribution in [0.15, 0.2) is 96.7 Å². The number of nitrogens with zero attached hydrogens (tertiary/aromatic N) is 8. The summed E-state index contributed by atoms with van der Waals surface area (Å²) in [6, 6.07) is 19.6. The Balaban J connectivity index is -0.000000264. The van der Waals surface area contributed by atoms with Crippen molar-refractivity contribution < 1.29 is 53.9 Å². The molecule has 0 saturated heterocycles. The Labute approximate surface area is 441 Å². The molecule has 20 heteroatoms. The zero-order chi connectivity index (χ0) is 54.4. The summed E-state index contributed by atoms with van der Waals surface area (Å²) >= 11 is 1.96. The van der Waals surface area contributed by atoms with Gasteiger partial charge in [-0.1, -0.05) is 87.5 Å². The van der Waals surface area contributed by atoms with E-state index in [9.17, 15) is 28.8 Å². The zero-order valence-corrected chi connectivity index (χ0v) is 44.3. The van der Waals surface area contributed by atoms with E-state index >= 15 is 0 Å². The van der Waals surface area contributed by atoms with Gasteiger partial charge in [-0.25, -0.2) is 38.8 Å². The van der Waals surface area contributed by atoms with Gasteiger partial charge in [0, 0.05) is 19.0 Å². The number of aliphatic hydroxyl groups is 1. The average Bonchev–Trinajstić information content (AvgIpc) is 3.33. The monoisotopic (exact) mass is 1180 g/mol. The second kappa shape index (κ2) is 42.0. The molecule has 1 saturated carbocycles. The van der Waals surface area contributed by atoms with Crippen LogP contribution < -0.4 is 4.74 Å². The second-order valence-electron chi connectivity index (χ2n) is 16.1. The highest BCUT2D eigenvalue weighted by molar-refractivity contribution is 14.1. The molecule has 0 spiro atoms. The van der Waals surface area contributed by atoms with E-state index in [2.05, 4.69) is 76.2 Å². The van der Waals surface area contributed by atoms with Gasteiger partial charge >= 0.3 is 0 Å². The first-order chi connectivity index (χ1) is 34.0. The third-order valence-electron chi connectivity index (χ3n) is 9.06. The van der Waals surface area contributed by atoms with Crippen LogP contribution in [0.5, 0.6) is 5.75 Å². The van der Waals surface area contributed by atoms with Crippen LogP contribution in [0.1, 0.15) is 96.1 Å². The minimum atomic E-state index is -0.222. The average molecular weight is 1180 g/mol. The van der Waals surface area contributed by atoms with E-state index in [1.807, 2.05) is 46.9 Å². The maximum atomic E-state index is 10.3. The molecule has 3 unspecified atom stereocenters. The SMILES string of the molecule is CC(C)COC(C)CCCO.CC1(C)CC(N=C=O)CC(C)(CN=C=O)C1.Cc1ccc(N=C=O)cc1N=C=O.I.N#COCN=C=O.N#COc1ccc(Cc2ccc(N=C=O)cc2)cc1.[2H]CI.[2H][3H].[HH]. The Morgan fingerprint density at radius 2 is 1.42 bits per heavy atom. The van der Waals surface area contributed by atoms with Crippen LogP contribution in [0, 0.1) is 46.7 Å². The van der Waals surface area contributed by atoms with Crippen molar-refractivity contribution in [3.63, 3.8) is 0 Å². The number of ether oxygens (including phenoxy) is 3. The van der Waals surface area contributed by atoms with Crippen LogP contribution >= 0.6 is 46.6 Å². The fourth-order valence-corrected chi connectivity index (χ4v) is 6.59. The highest BCUT2D eigenvalue weighted by atomic mass is 127. The van der Waals surface area contributed by atoms with Crippen LogP contribution in [-0.4, -0.2) is 85.1 Å². The second-order valence-corrected chi connectivity index (χ2v) is 16.1. The van der Waals surface area contributed by atoms with Crippen molar-refractivity contribution in [3.8, 4) is 18.3 Å². The van der Waals surface area contributed by atoms with Crippen LogP contribution in [0.25, 0.3) is 0 Å². The lowest BCUT2D eigenvalue weighted by Gasteiger charge is -2.44. The first-order valence-electron chi connectivity index (χ1n) is 22.5. The summed E-state index contributed by atoms with van der Waals surface area (Å²) in [6.45, 7) is 15.9. The number of aryl methyl sites for hydroxylation is 1. The number of nitriles is 2. The molecule has 0 amide bonds. The molecule has 1 aliphatic rings. The van der Waals surface area contributed by atoms with E-state index in [-0.39, 0.29) is 55.6 Å². The highest BCUT2D eigenvalue weighted by Gasteiger charge is 2.41. The van der Waals surface area contributed by atoms with Gasteiger partial charge in [-0.2, -0.15) is 25.2 Å². The summed E-state index contributed by atoms with van der Waals surface area (Å²) in [5, 5.41) is 24.6. The minimum Gasteiger partial charge on any atom is -0.403 e. The number of isocyanates is 6. The van der Waals surface area contributed by atoms with Gasteiger partial charge in [0.15, 0.2) is 0 Å². The molecule has 0 heterocycles. The number of alkyl halides is 1. The molecule has 3 aromatic rings. The topological polar surface area (TPSA) is 272 Å². The number of aliphatic imine (C=N–C) groups is 6. The fraction of sp³-hybridized carbons (Fsp3) is 0.469. The molecule has 0 aromatic heterocycles. The predicted octanol–water partition coefficient (Wildman–Crippen LogP) is 11.0. The van der Waals surface area contributed by atoms with Gasteiger partial charge in [0.2, 0.25) is 43.2 Å².